The number of carbonyl (C=O) groups excluding carboxylic acids is 3. The first-order valence-electron chi connectivity index (χ1n) is 9.81. The first kappa shape index (κ1) is 19.9. The quantitative estimate of drug-likeness (QED) is 0.746. The highest BCUT2D eigenvalue weighted by Gasteiger charge is 2.25. The van der Waals surface area contributed by atoms with Gasteiger partial charge in [0.1, 0.15) is 6.04 Å². The number of nitrogens with zero attached hydrogens (tertiary/aromatic N) is 1. The van der Waals surface area contributed by atoms with E-state index in [1.54, 1.807) is 4.90 Å². The molecule has 7 heteroatoms. The van der Waals surface area contributed by atoms with E-state index in [0.29, 0.717) is 19.5 Å². The molecule has 1 aliphatic rings. The van der Waals surface area contributed by atoms with Gasteiger partial charge < -0.3 is 19.9 Å². The average Bonchev–Trinajstić information content (AvgIpc) is 2.90. The minimum Gasteiger partial charge on any atom is -0.454 e. The molecule has 1 aromatic heterocycles. The topological polar surface area (TPSA) is 91.5 Å². The number of H-pyrrole nitrogens is 1. The molecule has 1 aromatic carbocycles. The van der Waals surface area contributed by atoms with Gasteiger partial charge in [-0.1, -0.05) is 31.0 Å². The van der Waals surface area contributed by atoms with Crippen LogP contribution in [0.25, 0.3) is 10.9 Å². The van der Waals surface area contributed by atoms with E-state index in [0.717, 1.165) is 42.1 Å². The lowest BCUT2D eigenvalue weighted by molar-refractivity contribution is -0.154. The minimum atomic E-state index is -0.839. The molecule has 0 aliphatic carbocycles. The zero-order chi connectivity index (χ0) is 19.9. The van der Waals surface area contributed by atoms with E-state index in [9.17, 15) is 14.4 Å². The van der Waals surface area contributed by atoms with Crippen molar-refractivity contribution in [2.24, 2.45) is 0 Å². The molecule has 0 unspecified atom stereocenters. The van der Waals surface area contributed by atoms with Gasteiger partial charge in [-0.05, 0) is 24.5 Å². The molecule has 7 nitrogen and oxygen atoms in total. The van der Waals surface area contributed by atoms with Crippen LogP contribution in [0.1, 0.15) is 38.2 Å². The molecule has 1 fully saturated rings. The van der Waals surface area contributed by atoms with E-state index in [-0.39, 0.29) is 18.4 Å². The highest BCUT2D eigenvalue weighted by atomic mass is 16.5. The van der Waals surface area contributed by atoms with E-state index in [2.05, 4.69) is 10.3 Å². The largest absolute Gasteiger partial charge is 0.454 e. The molecular formula is C21H27N3O4. The van der Waals surface area contributed by atoms with Crippen LogP contribution in [-0.4, -0.2) is 53.4 Å². The van der Waals surface area contributed by atoms with Gasteiger partial charge in [-0.2, -0.15) is 0 Å². The van der Waals surface area contributed by atoms with Gasteiger partial charge in [-0.25, -0.2) is 4.79 Å². The molecule has 0 bridgehead atoms. The molecule has 1 atom stereocenters. The molecule has 0 radical (unpaired) electrons. The first-order valence-corrected chi connectivity index (χ1v) is 9.81. The number of hydrogen-bond donors (Lipinski definition) is 2. The number of benzene rings is 1. The Hall–Kier alpha value is -2.83. The van der Waals surface area contributed by atoms with Gasteiger partial charge >= 0.3 is 5.97 Å². The van der Waals surface area contributed by atoms with Crippen molar-refractivity contribution in [1.82, 2.24) is 15.2 Å². The molecule has 2 heterocycles. The lowest BCUT2D eigenvalue weighted by atomic mass is 10.0. The van der Waals surface area contributed by atoms with Crippen molar-refractivity contribution >= 4 is 28.7 Å². The fourth-order valence-electron chi connectivity index (χ4n) is 3.60. The predicted octanol–water partition coefficient (Wildman–Crippen LogP) is 2.16. The van der Waals surface area contributed by atoms with Crippen molar-refractivity contribution in [3.05, 3.63) is 36.0 Å². The summed E-state index contributed by atoms with van der Waals surface area (Å²) >= 11 is 0. The van der Waals surface area contributed by atoms with Crippen LogP contribution in [0, 0.1) is 0 Å². The summed E-state index contributed by atoms with van der Waals surface area (Å²) < 4.78 is 5.27. The Morgan fingerprint density at radius 3 is 2.57 bits per heavy atom. The van der Waals surface area contributed by atoms with E-state index in [1.807, 2.05) is 30.5 Å². The average molecular weight is 385 g/mol. The molecule has 0 saturated carbocycles. The Balaban J connectivity index is 1.63. The molecule has 0 spiro atoms. The number of carbonyl (C=O) groups is 3. The number of ether oxygens (including phenoxy) is 1. The second kappa shape index (κ2) is 9.39. The van der Waals surface area contributed by atoms with Crippen LogP contribution in [0.4, 0.5) is 0 Å². The Kier molecular flexibility index (Phi) is 6.68. The third-order valence-electron chi connectivity index (χ3n) is 5.06. The van der Waals surface area contributed by atoms with Gasteiger partial charge in [0.2, 0.25) is 5.91 Å². The Labute approximate surface area is 164 Å². The maximum Gasteiger partial charge on any atom is 0.329 e. The molecule has 1 aliphatic heterocycles. The Bertz CT molecular complexity index is 837. The van der Waals surface area contributed by atoms with Gasteiger partial charge in [-0.3, -0.25) is 9.59 Å². The van der Waals surface area contributed by atoms with Gasteiger partial charge in [0.25, 0.3) is 5.91 Å². The summed E-state index contributed by atoms with van der Waals surface area (Å²) in [6, 6.07) is 6.92. The van der Waals surface area contributed by atoms with Gasteiger partial charge in [0.05, 0.1) is 0 Å². The van der Waals surface area contributed by atoms with Gasteiger partial charge in [0.15, 0.2) is 6.61 Å². The number of likely N-dealkylation sites (tertiary alicyclic amines) is 1. The Morgan fingerprint density at radius 2 is 1.86 bits per heavy atom. The number of para-hydroxylation sites is 1. The normalized spacial score (nSPS) is 15.7. The van der Waals surface area contributed by atoms with Crippen LogP contribution >= 0.6 is 0 Å². The highest BCUT2D eigenvalue weighted by Crippen LogP contribution is 2.19. The van der Waals surface area contributed by atoms with Crippen LogP contribution in [0.2, 0.25) is 0 Å². The summed E-state index contributed by atoms with van der Waals surface area (Å²) in [5, 5.41) is 3.64. The number of esters is 1. The van der Waals surface area contributed by atoms with Crippen LogP contribution in [0.3, 0.4) is 0 Å². The van der Waals surface area contributed by atoms with Crippen molar-refractivity contribution in [1.29, 1.82) is 0 Å². The molecule has 3 rings (SSSR count). The maximum atomic E-state index is 12.6. The monoisotopic (exact) mass is 385 g/mol. The number of aromatic amines is 1. The van der Waals surface area contributed by atoms with Crippen LogP contribution in [-0.2, 0) is 25.5 Å². The molecule has 1 saturated heterocycles. The number of amides is 2. The fourth-order valence-corrected chi connectivity index (χ4v) is 3.60. The molecule has 28 heavy (non-hydrogen) atoms. The van der Waals surface area contributed by atoms with Gasteiger partial charge in [-0.15, -0.1) is 0 Å². The number of fused-ring (bicyclic) bond motifs is 1. The summed E-state index contributed by atoms with van der Waals surface area (Å²) in [6.45, 7) is 2.49. The van der Waals surface area contributed by atoms with Crippen molar-refractivity contribution in [2.45, 2.75) is 45.1 Å². The fraction of sp³-hybridized carbons (Fsp3) is 0.476. The van der Waals surface area contributed by atoms with Crippen LogP contribution in [0.5, 0.6) is 0 Å². The first-order chi connectivity index (χ1) is 13.5. The van der Waals surface area contributed by atoms with Crippen molar-refractivity contribution < 1.29 is 19.1 Å². The third kappa shape index (κ3) is 5.12. The van der Waals surface area contributed by atoms with Crippen molar-refractivity contribution in [2.75, 3.05) is 19.7 Å². The zero-order valence-electron chi connectivity index (χ0n) is 16.2. The van der Waals surface area contributed by atoms with E-state index >= 15 is 0 Å². The lowest BCUT2D eigenvalue weighted by Gasteiger charge is -2.21. The second-order valence-electron chi connectivity index (χ2n) is 7.22. The molecule has 2 aromatic rings. The van der Waals surface area contributed by atoms with Crippen molar-refractivity contribution in [3.63, 3.8) is 0 Å². The number of nitrogens with one attached hydrogen (secondary N) is 2. The standard InChI is InChI=1S/C21H27N3O4/c1-15(25)23-19(12-16-13-22-18-9-5-4-8-17(16)18)21(27)28-14-20(26)24-10-6-2-3-7-11-24/h4-5,8-9,13,19,22H,2-3,6-7,10-12,14H2,1H3,(H,23,25)/t19-/m1/s1. The highest BCUT2D eigenvalue weighted by molar-refractivity contribution is 5.88. The molecular weight excluding hydrogens is 358 g/mol. The minimum absolute atomic E-state index is 0.177. The predicted molar refractivity (Wildman–Crippen MR) is 106 cm³/mol. The molecule has 2 amide bonds. The number of rotatable bonds is 6. The van der Waals surface area contributed by atoms with Crippen LogP contribution < -0.4 is 5.32 Å². The SMILES string of the molecule is CC(=O)N[C@H](Cc1c[nH]c2ccccc12)C(=O)OCC(=O)N1CCCCCC1. The van der Waals surface area contributed by atoms with E-state index in [1.165, 1.54) is 6.92 Å². The molecule has 150 valence electrons. The molecule has 2 N–H and O–H groups in total. The summed E-state index contributed by atoms with van der Waals surface area (Å²) in [6.07, 6.45) is 6.33. The summed E-state index contributed by atoms with van der Waals surface area (Å²) in [5.41, 5.74) is 1.87. The van der Waals surface area contributed by atoms with E-state index in [4.69, 9.17) is 4.74 Å². The summed E-state index contributed by atoms with van der Waals surface area (Å²) in [7, 11) is 0. The smallest absolute Gasteiger partial charge is 0.329 e. The Morgan fingerprint density at radius 1 is 1.14 bits per heavy atom. The second-order valence-corrected chi connectivity index (χ2v) is 7.22. The zero-order valence-corrected chi connectivity index (χ0v) is 16.2. The third-order valence-corrected chi connectivity index (χ3v) is 5.06. The van der Waals surface area contributed by atoms with Crippen molar-refractivity contribution in [3.8, 4) is 0 Å². The summed E-state index contributed by atoms with van der Waals surface area (Å²) in [4.78, 5) is 41.4. The number of aromatic nitrogens is 1. The number of hydrogen-bond acceptors (Lipinski definition) is 4. The lowest BCUT2D eigenvalue weighted by Crippen LogP contribution is -2.44. The summed E-state index contributed by atoms with van der Waals surface area (Å²) in [5.74, 6) is -1.09. The maximum absolute atomic E-state index is 12.6. The van der Waals surface area contributed by atoms with Crippen LogP contribution in [0.15, 0.2) is 30.5 Å². The van der Waals surface area contributed by atoms with Gasteiger partial charge in [0, 0.05) is 43.5 Å². The van der Waals surface area contributed by atoms with E-state index < -0.39 is 12.0 Å².